The molecule has 1 N–H and O–H groups in total. The van der Waals surface area contributed by atoms with Crippen LogP contribution in [-0.2, 0) is 19.3 Å². The summed E-state index contributed by atoms with van der Waals surface area (Å²) >= 11 is 6.75. The number of imidazole rings is 1. The quantitative estimate of drug-likeness (QED) is 0.538. The summed E-state index contributed by atoms with van der Waals surface area (Å²) in [4.78, 5) is 22.4. The van der Waals surface area contributed by atoms with Crippen molar-refractivity contribution >= 4 is 17.5 Å². The Labute approximate surface area is 198 Å². The number of hydrogen-bond donors (Lipinski definition) is 1. The maximum Gasteiger partial charge on any atom is 0.273 e. The zero-order chi connectivity index (χ0) is 23.5. The summed E-state index contributed by atoms with van der Waals surface area (Å²) in [6.45, 7) is 13.8. The average Bonchev–Trinajstić information content (AvgIpc) is 3.08. The van der Waals surface area contributed by atoms with Crippen molar-refractivity contribution in [3.05, 3.63) is 40.1 Å². The van der Waals surface area contributed by atoms with Gasteiger partial charge >= 0.3 is 0 Å². The first-order valence-electron chi connectivity index (χ1n) is 12.2. The Bertz CT molecular complexity index is 936. The van der Waals surface area contributed by atoms with Crippen LogP contribution in [-0.4, -0.2) is 27.0 Å². The summed E-state index contributed by atoms with van der Waals surface area (Å²) in [7, 11) is 0. The first-order valence-corrected chi connectivity index (χ1v) is 12.5. The van der Waals surface area contributed by atoms with Gasteiger partial charge in [0, 0.05) is 19.2 Å². The van der Waals surface area contributed by atoms with Crippen molar-refractivity contribution in [3.63, 3.8) is 0 Å². The molecule has 176 valence electrons. The number of rotatable bonds is 7. The Balaban J connectivity index is 1.84. The lowest BCUT2D eigenvalue weighted by molar-refractivity contribution is 0.0937. The summed E-state index contributed by atoms with van der Waals surface area (Å²) < 4.78 is 1.86. The van der Waals surface area contributed by atoms with Crippen LogP contribution >= 0.6 is 11.6 Å². The predicted molar refractivity (Wildman–Crippen MR) is 132 cm³/mol. The van der Waals surface area contributed by atoms with Crippen molar-refractivity contribution in [2.24, 2.45) is 17.3 Å². The molecular weight excluding hydrogens is 420 g/mol. The summed E-state index contributed by atoms with van der Waals surface area (Å²) in [5, 5.41) is 3.43. The van der Waals surface area contributed by atoms with Crippen molar-refractivity contribution < 1.29 is 4.79 Å². The molecule has 0 saturated heterocycles. The molecule has 0 unspecified atom stereocenters. The lowest BCUT2D eigenvalue weighted by Gasteiger charge is -2.26. The molecule has 0 bridgehead atoms. The number of carbonyl (C=O) groups is 1. The summed E-state index contributed by atoms with van der Waals surface area (Å²) in [6, 6.07) is 2.22. The molecule has 0 spiro atoms. The maximum absolute atomic E-state index is 13.0. The van der Waals surface area contributed by atoms with Crippen LogP contribution in [0.3, 0.4) is 0 Å². The normalized spacial score (nSPS) is 19.2. The third-order valence-electron chi connectivity index (χ3n) is 6.44. The number of amides is 1. The van der Waals surface area contributed by atoms with E-state index in [0.717, 1.165) is 36.0 Å². The van der Waals surface area contributed by atoms with E-state index in [0.29, 0.717) is 29.7 Å². The van der Waals surface area contributed by atoms with E-state index in [9.17, 15) is 4.79 Å². The van der Waals surface area contributed by atoms with Gasteiger partial charge in [0.05, 0.1) is 0 Å². The van der Waals surface area contributed by atoms with Crippen molar-refractivity contribution in [1.29, 1.82) is 0 Å². The number of carbonyl (C=O) groups excluding carboxylic acids is 1. The molecule has 2 aromatic heterocycles. The molecule has 1 fully saturated rings. The molecule has 1 amide bonds. The van der Waals surface area contributed by atoms with Gasteiger partial charge in [0.2, 0.25) is 0 Å². The number of nitrogens with zero attached hydrogens (tertiary/aromatic N) is 3. The Hall–Kier alpha value is -1.88. The van der Waals surface area contributed by atoms with E-state index in [1.165, 1.54) is 31.2 Å². The van der Waals surface area contributed by atoms with Gasteiger partial charge in [-0.15, -0.1) is 0 Å². The molecule has 32 heavy (non-hydrogen) atoms. The van der Waals surface area contributed by atoms with Crippen molar-refractivity contribution in [3.8, 4) is 5.82 Å². The minimum absolute atomic E-state index is 0.190. The lowest BCUT2D eigenvalue weighted by atomic mass is 9.83. The number of pyridine rings is 1. The van der Waals surface area contributed by atoms with Gasteiger partial charge in [0.1, 0.15) is 16.8 Å². The molecule has 2 heterocycles. The number of nitrogens with one attached hydrogen (secondary N) is 1. The van der Waals surface area contributed by atoms with E-state index in [4.69, 9.17) is 16.6 Å². The smallest absolute Gasteiger partial charge is 0.273 e. The van der Waals surface area contributed by atoms with Crippen molar-refractivity contribution in [2.45, 2.75) is 86.5 Å². The van der Waals surface area contributed by atoms with Gasteiger partial charge in [-0.25, -0.2) is 9.97 Å². The minimum atomic E-state index is -0.190. The van der Waals surface area contributed by atoms with Crippen molar-refractivity contribution in [1.82, 2.24) is 19.9 Å². The van der Waals surface area contributed by atoms with Gasteiger partial charge in [0.15, 0.2) is 5.69 Å². The van der Waals surface area contributed by atoms with Crippen LogP contribution in [0.1, 0.15) is 94.7 Å². The lowest BCUT2D eigenvalue weighted by Crippen LogP contribution is -2.31. The largest absolute Gasteiger partial charge is 0.350 e. The molecule has 1 aliphatic carbocycles. The molecular formula is C26H39ClN4O. The molecule has 3 rings (SSSR count). The SMILES string of the molecule is CCc1cc(CC(C)(C)C)cnc1-n1c(CC)nc(C(=O)NCC2CCC(C)CC2)c1Cl. The third-order valence-corrected chi connectivity index (χ3v) is 6.78. The fourth-order valence-electron chi connectivity index (χ4n) is 4.62. The number of hydrogen-bond acceptors (Lipinski definition) is 3. The Morgan fingerprint density at radius 3 is 2.47 bits per heavy atom. The molecule has 1 aliphatic rings. The summed E-state index contributed by atoms with van der Waals surface area (Å²) in [5.74, 6) is 2.70. The van der Waals surface area contributed by atoms with Crippen LogP contribution < -0.4 is 5.32 Å². The first kappa shape index (κ1) is 24.8. The second-order valence-corrected chi connectivity index (χ2v) is 11.0. The average molecular weight is 459 g/mol. The van der Waals surface area contributed by atoms with E-state index in [1.807, 2.05) is 17.7 Å². The van der Waals surface area contributed by atoms with E-state index in [1.54, 1.807) is 0 Å². The molecule has 2 aromatic rings. The molecule has 0 aliphatic heterocycles. The molecule has 5 nitrogen and oxygen atoms in total. The Morgan fingerprint density at radius 1 is 1.19 bits per heavy atom. The highest BCUT2D eigenvalue weighted by atomic mass is 35.5. The fraction of sp³-hybridized carbons (Fsp3) is 0.654. The van der Waals surface area contributed by atoms with Gasteiger partial charge < -0.3 is 5.32 Å². The topological polar surface area (TPSA) is 59.8 Å². The molecule has 1 saturated carbocycles. The van der Waals surface area contributed by atoms with Crippen LogP contribution in [0.25, 0.3) is 5.82 Å². The molecule has 0 atom stereocenters. The van der Waals surface area contributed by atoms with E-state index < -0.39 is 0 Å². The second kappa shape index (κ2) is 10.4. The Morgan fingerprint density at radius 2 is 1.88 bits per heavy atom. The molecule has 6 heteroatoms. The zero-order valence-corrected chi connectivity index (χ0v) is 21.4. The third kappa shape index (κ3) is 5.92. The maximum atomic E-state index is 13.0. The molecule has 0 aromatic carbocycles. The first-order chi connectivity index (χ1) is 15.1. The van der Waals surface area contributed by atoms with Crippen molar-refractivity contribution in [2.75, 3.05) is 6.54 Å². The van der Waals surface area contributed by atoms with Crippen LogP contribution in [0.15, 0.2) is 12.3 Å². The van der Waals surface area contributed by atoms with E-state index >= 15 is 0 Å². The van der Waals surface area contributed by atoms with Gasteiger partial charge in [-0.3, -0.25) is 9.36 Å². The second-order valence-electron chi connectivity index (χ2n) is 10.6. The summed E-state index contributed by atoms with van der Waals surface area (Å²) in [6.07, 6.45) is 9.22. The fourth-order valence-corrected chi connectivity index (χ4v) is 4.92. The number of aromatic nitrogens is 3. The Kier molecular flexibility index (Phi) is 8.02. The minimum Gasteiger partial charge on any atom is -0.350 e. The van der Waals surface area contributed by atoms with Gasteiger partial charge in [0.25, 0.3) is 5.91 Å². The standard InChI is InChI=1S/C26H39ClN4O/c1-7-20-13-19(14-26(4,5)6)16-28-24(20)31-21(8-2)30-22(23(31)27)25(32)29-15-18-11-9-17(3)10-12-18/h13,16-18H,7-12,14-15H2,1-6H3,(H,29,32). The van der Waals surface area contributed by atoms with Crippen LogP contribution in [0.5, 0.6) is 0 Å². The monoisotopic (exact) mass is 458 g/mol. The van der Waals surface area contributed by atoms with Gasteiger partial charge in [-0.1, -0.05) is 72.1 Å². The van der Waals surface area contributed by atoms with Gasteiger partial charge in [-0.2, -0.15) is 0 Å². The van der Waals surface area contributed by atoms with Crippen LogP contribution in [0.4, 0.5) is 0 Å². The van der Waals surface area contributed by atoms with Gasteiger partial charge in [-0.05, 0) is 54.1 Å². The number of halogens is 1. The highest BCUT2D eigenvalue weighted by Gasteiger charge is 2.25. The number of aryl methyl sites for hydroxylation is 2. The van der Waals surface area contributed by atoms with Crippen LogP contribution in [0, 0.1) is 17.3 Å². The van der Waals surface area contributed by atoms with E-state index in [2.05, 4.69) is 51.0 Å². The highest BCUT2D eigenvalue weighted by Crippen LogP contribution is 2.29. The highest BCUT2D eigenvalue weighted by molar-refractivity contribution is 6.32. The van der Waals surface area contributed by atoms with Crippen LogP contribution in [0.2, 0.25) is 5.15 Å². The zero-order valence-electron chi connectivity index (χ0n) is 20.6. The van der Waals surface area contributed by atoms with E-state index in [-0.39, 0.29) is 11.3 Å². The summed E-state index contributed by atoms with van der Waals surface area (Å²) in [5.41, 5.74) is 2.82. The predicted octanol–water partition coefficient (Wildman–Crippen LogP) is 6.19. The molecule has 0 radical (unpaired) electrons.